The summed E-state index contributed by atoms with van der Waals surface area (Å²) in [6, 6.07) is 4.08. The zero-order chi connectivity index (χ0) is 15.3. The van der Waals surface area contributed by atoms with Gasteiger partial charge in [0.05, 0.1) is 12.2 Å². The highest BCUT2D eigenvalue weighted by Gasteiger charge is 2.37. The molecule has 0 bridgehead atoms. The largest absolute Gasteiger partial charge is 0.351 e. The molecule has 0 aromatic heterocycles. The monoisotopic (exact) mass is 278 g/mol. The van der Waals surface area contributed by atoms with Crippen LogP contribution in [0.3, 0.4) is 0 Å². The van der Waals surface area contributed by atoms with E-state index < -0.39 is 12.5 Å². The smallest absolute Gasteiger partial charge is 0.176 e. The van der Waals surface area contributed by atoms with Crippen molar-refractivity contribution in [2.75, 3.05) is 6.54 Å². The van der Waals surface area contributed by atoms with Gasteiger partial charge in [0.1, 0.15) is 17.8 Å². The molecule has 0 amide bonds. The molecule has 1 N–H and O–H groups in total. The Balaban J connectivity index is 3.16. The second-order valence-corrected chi connectivity index (χ2v) is 5.06. The molecule has 0 aromatic rings. The van der Waals surface area contributed by atoms with E-state index in [4.69, 9.17) is 9.47 Å². The minimum atomic E-state index is -0.482. The third kappa shape index (κ3) is 3.63. The number of rotatable bonds is 5. The lowest BCUT2D eigenvalue weighted by Gasteiger charge is -2.42. The number of nitriles is 2. The van der Waals surface area contributed by atoms with Crippen LogP contribution in [0.25, 0.3) is 0 Å². The molecule has 0 aliphatic carbocycles. The topological polar surface area (TPSA) is 81.3 Å². The number of allylic oxidation sites excluding steroid dienone is 2. The number of hydrogen-bond donors (Lipinski definition) is 1. The van der Waals surface area contributed by atoms with Crippen LogP contribution in [0.5, 0.6) is 0 Å². The summed E-state index contributed by atoms with van der Waals surface area (Å²) < 4.78 is 11.7. The molecule has 0 fully saturated rings. The molecule has 0 spiro atoms. The molecule has 0 saturated carbocycles. The van der Waals surface area contributed by atoms with Crippen molar-refractivity contribution in [3.05, 3.63) is 11.4 Å². The van der Waals surface area contributed by atoms with Gasteiger partial charge >= 0.3 is 0 Å². The highest BCUT2D eigenvalue weighted by atomic mass is 16.6. The van der Waals surface area contributed by atoms with Gasteiger partial charge in [-0.2, -0.15) is 10.5 Å². The van der Waals surface area contributed by atoms with E-state index in [1.54, 1.807) is 4.90 Å². The number of nitrogens with zero attached hydrogens (tertiary/aromatic N) is 3. The van der Waals surface area contributed by atoms with Crippen LogP contribution in [0.4, 0.5) is 0 Å². The lowest BCUT2D eigenvalue weighted by atomic mass is 10.2. The Bertz CT molecular complexity index is 445. The maximum Gasteiger partial charge on any atom is 0.176 e. The summed E-state index contributed by atoms with van der Waals surface area (Å²) in [6.07, 6.45) is -0.955. The van der Waals surface area contributed by atoms with Crippen molar-refractivity contribution in [2.45, 2.75) is 59.3 Å². The van der Waals surface area contributed by atoms with Crippen molar-refractivity contribution in [3.8, 4) is 12.1 Å². The van der Waals surface area contributed by atoms with Crippen LogP contribution in [0.1, 0.15) is 34.6 Å². The van der Waals surface area contributed by atoms with Gasteiger partial charge in [-0.1, -0.05) is 0 Å². The summed E-state index contributed by atoms with van der Waals surface area (Å²) in [5, 5.41) is 21.4. The Morgan fingerprint density at radius 2 is 1.75 bits per heavy atom. The van der Waals surface area contributed by atoms with Gasteiger partial charge in [0.25, 0.3) is 0 Å². The number of likely N-dealkylation sites (N-methyl/N-ethyl adjacent to an activating group) is 1. The van der Waals surface area contributed by atoms with Gasteiger partial charge in [-0.05, 0) is 34.6 Å². The van der Waals surface area contributed by atoms with E-state index in [9.17, 15) is 10.5 Å². The van der Waals surface area contributed by atoms with Crippen LogP contribution in [-0.4, -0.2) is 36.1 Å². The van der Waals surface area contributed by atoms with Crippen LogP contribution in [0.15, 0.2) is 11.4 Å². The van der Waals surface area contributed by atoms with Gasteiger partial charge in [0.2, 0.25) is 0 Å². The Morgan fingerprint density at radius 3 is 2.15 bits per heavy atom. The van der Waals surface area contributed by atoms with Crippen LogP contribution in [0, 0.1) is 22.7 Å². The van der Waals surface area contributed by atoms with Gasteiger partial charge in [-0.3, -0.25) is 0 Å². The molecular weight excluding hydrogens is 256 g/mol. The number of hydrogen-bond acceptors (Lipinski definition) is 6. The van der Waals surface area contributed by atoms with Crippen LogP contribution in [0.2, 0.25) is 0 Å². The third-order valence-corrected chi connectivity index (χ3v) is 2.77. The fraction of sp³-hybridized carbons (Fsp3) is 0.714. The van der Waals surface area contributed by atoms with Crippen molar-refractivity contribution in [2.24, 2.45) is 0 Å². The van der Waals surface area contributed by atoms with E-state index >= 15 is 0 Å². The molecule has 1 heterocycles. The first-order valence-corrected chi connectivity index (χ1v) is 6.83. The maximum absolute atomic E-state index is 9.28. The molecule has 6 nitrogen and oxygen atoms in total. The predicted molar refractivity (Wildman–Crippen MR) is 73.8 cm³/mol. The average molecular weight is 278 g/mol. The Kier molecular flexibility index (Phi) is 5.82. The van der Waals surface area contributed by atoms with Gasteiger partial charge in [0, 0.05) is 6.54 Å². The molecule has 6 heteroatoms. The molecule has 1 aliphatic heterocycles. The lowest BCUT2D eigenvalue weighted by Crippen LogP contribution is -2.57. The fourth-order valence-corrected chi connectivity index (χ4v) is 2.08. The van der Waals surface area contributed by atoms with Crippen molar-refractivity contribution in [1.29, 1.82) is 10.5 Å². The summed E-state index contributed by atoms with van der Waals surface area (Å²) in [5.74, 6) is 0. The molecule has 0 aromatic carbocycles. The van der Waals surface area contributed by atoms with Gasteiger partial charge < -0.3 is 19.7 Å². The first-order chi connectivity index (χ1) is 9.44. The van der Waals surface area contributed by atoms with E-state index in [1.807, 2.05) is 40.7 Å². The van der Waals surface area contributed by atoms with Gasteiger partial charge in [-0.15, -0.1) is 0 Å². The molecule has 2 atom stereocenters. The summed E-state index contributed by atoms with van der Waals surface area (Å²) >= 11 is 0. The van der Waals surface area contributed by atoms with E-state index in [1.165, 1.54) is 0 Å². The molecule has 0 unspecified atom stereocenters. The molecule has 110 valence electrons. The van der Waals surface area contributed by atoms with Gasteiger partial charge in [0.15, 0.2) is 18.2 Å². The summed E-state index contributed by atoms with van der Waals surface area (Å²) in [5.41, 5.74) is 0.521. The third-order valence-electron chi connectivity index (χ3n) is 2.77. The minimum absolute atomic E-state index is 0.0160. The van der Waals surface area contributed by atoms with Crippen LogP contribution < -0.4 is 5.32 Å². The Labute approximate surface area is 120 Å². The van der Waals surface area contributed by atoms with Crippen molar-refractivity contribution < 1.29 is 9.47 Å². The van der Waals surface area contributed by atoms with Gasteiger partial charge in [-0.25, -0.2) is 0 Å². The predicted octanol–water partition coefficient (Wildman–Crippen LogP) is 1.67. The molecule has 0 radical (unpaired) electrons. The van der Waals surface area contributed by atoms with Crippen molar-refractivity contribution in [3.63, 3.8) is 0 Å². The molecule has 0 saturated heterocycles. The number of nitrogens with one attached hydrogen (secondary N) is 1. The lowest BCUT2D eigenvalue weighted by molar-refractivity contribution is -0.176. The normalized spacial score (nSPS) is 22.8. The standard InChI is InChI=1S/C14H22N4O2/c1-6-18-12(8-16)11(7-15)17-13(19-9(2)3)14(18)20-10(4)5/h9-10,13-14,17H,6H2,1-5H3/t13-,14-/m1/s1. The molecule has 1 rings (SSSR count). The SMILES string of the molecule is CCN1C(C#N)=C(C#N)N[C@H](OC(C)C)[C@H]1OC(C)C. The first-order valence-electron chi connectivity index (χ1n) is 6.83. The number of ether oxygens (including phenoxy) is 2. The summed E-state index contributed by atoms with van der Waals surface area (Å²) in [6.45, 7) is 10.2. The summed E-state index contributed by atoms with van der Waals surface area (Å²) in [7, 11) is 0. The van der Waals surface area contributed by atoms with Crippen LogP contribution in [-0.2, 0) is 9.47 Å². The highest BCUT2D eigenvalue weighted by molar-refractivity contribution is 5.37. The minimum Gasteiger partial charge on any atom is -0.351 e. The maximum atomic E-state index is 9.28. The van der Waals surface area contributed by atoms with E-state index in [0.29, 0.717) is 12.2 Å². The zero-order valence-corrected chi connectivity index (χ0v) is 12.7. The Morgan fingerprint density at radius 1 is 1.15 bits per heavy atom. The Hall–Kier alpha value is -1.76. The van der Waals surface area contributed by atoms with E-state index in [0.717, 1.165) is 0 Å². The average Bonchev–Trinajstić information content (AvgIpc) is 2.38. The first kappa shape index (κ1) is 16.3. The van der Waals surface area contributed by atoms with E-state index in [2.05, 4.69) is 11.4 Å². The summed E-state index contributed by atoms with van der Waals surface area (Å²) in [4.78, 5) is 1.77. The molecular formula is C14H22N4O2. The molecule has 20 heavy (non-hydrogen) atoms. The van der Waals surface area contributed by atoms with Crippen molar-refractivity contribution >= 4 is 0 Å². The zero-order valence-electron chi connectivity index (χ0n) is 12.7. The van der Waals surface area contributed by atoms with E-state index in [-0.39, 0.29) is 17.9 Å². The fourth-order valence-electron chi connectivity index (χ4n) is 2.08. The second kappa shape index (κ2) is 7.14. The van der Waals surface area contributed by atoms with Crippen molar-refractivity contribution in [1.82, 2.24) is 10.2 Å². The highest BCUT2D eigenvalue weighted by Crippen LogP contribution is 2.24. The second-order valence-electron chi connectivity index (χ2n) is 5.06. The van der Waals surface area contributed by atoms with Crippen LogP contribution >= 0.6 is 0 Å². The molecule has 1 aliphatic rings. The quantitative estimate of drug-likeness (QED) is 0.824.